The van der Waals surface area contributed by atoms with E-state index in [1.54, 1.807) is 18.2 Å². The van der Waals surface area contributed by atoms with Crippen LogP contribution in [0.5, 0.6) is 5.75 Å². The van der Waals surface area contributed by atoms with Crippen molar-refractivity contribution in [3.8, 4) is 5.75 Å². The van der Waals surface area contributed by atoms with E-state index < -0.39 is 0 Å². The number of rotatable bonds is 6. The number of aliphatic hydroxyl groups excluding tert-OH is 1. The van der Waals surface area contributed by atoms with Crippen LogP contribution in [-0.2, 0) is 0 Å². The average Bonchev–Trinajstić information content (AvgIpc) is 2.34. The van der Waals surface area contributed by atoms with Gasteiger partial charge in [-0.3, -0.25) is 0 Å². The van der Waals surface area contributed by atoms with Crippen LogP contribution >= 0.6 is 0 Å². The molecule has 0 aliphatic carbocycles. The second kappa shape index (κ2) is 6.76. The van der Waals surface area contributed by atoms with Crippen LogP contribution in [0.25, 0.3) is 0 Å². The highest BCUT2D eigenvalue weighted by molar-refractivity contribution is 6.06. The number of benzene rings is 1. The molecule has 16 heavy (non-hydrogen) atoms. The van der Waals surface area contributed by atoms with Gasteiger partial charge in [0.1, 0.15) is 12.4 Å². The highest BCUT2D eigenvalue weighted by atomic mass is 16.5. The van der Waals surface area contributed by atoms with Gasteiger partial charge in [-0.1, -0.05) is 0 Å². The molecule has 0 saturated heterocycles. The summed E-state index contributed by atoms with van der Waals surface area (Å²) in [5, 5.41) is 18.2. The molecule has 0 spiro atoms. The molecule has 0 fully saturated rings. The van der Waals surface area contributed by atoms with Crippen molar-refractivity contribution in [3.05, 3.63) is 42.1 Å². The Balaban J connectivity index is 2.63. The first-order chi connectivity index (χ1) is 7.77. The summed E-state index contributed by atoms with van der Waals surface area (Å²) in [5.41, 5.74) is 1.31. The minimum atomic E-state index is 0.00659. The summed E-state index contributed by atoms with van der Waals surface area (Å²) in [7, 11) is 1.91. The zero-order chi connectivity index (χ0) is 11.8. The number of ether oxygens (including phenoxy) is 1. The zero-order valence-corrected chi connectivity index (χ0v) is 9.31. The van der Waals surface area contributed by atoms with Crippen molar-refractivity contribution in [1.29, 1.82) is 5.41 Å². The van der Waals surface area contributed by atoms with Crippen molar-refractivity contribution in [2.45, 2.75) is 0 Å². The molecule has 0 aliphatic heterocycles. The van der Waals surface area contributed by atoms with Crippen molar-refractivity contribution < 1.29 is 15.2 Å². The van der Waals surface area contributed by atoms with E-state index in [2.05, 4.69) is 0 Å². The van der Waals surface area contributed by atoms with Gasteiger partial charge in [0.15, 0.2) is 0 Å². The van der Waals surface area contributed by atoms with Crippen molar-refractivity contribution in [2.24, 2.45) is 0 Å². The van der Waals surface area contributed by atoms with E-state index in [-0.39, 0.29) is 6.61 Å². The predicted molar refractivity (Wildman–Crippen MR) is 62.8 cm³/mol. The van der Waals surface area contributed by atoms with Crippen LogP contribution < -0.4 is 10.1 Å². The van der Waals surface area contributed by atoms with Crippen molar-refractivity contribution >= 4 is 5.71 Å². The maximum Gasteiger partial charge on any atom is 0.119 e. The minimum Gasteiger partial charge on any atom is -0.491 e. The minimum absolute atomic E-state index is 0.00659. The second-order valence-corrected chi connectivity index (χ2v) is 3.20. The fraction of sp³-hybridized carbons (Fsp3) is 0.250. The van der Waals surface area contributed by atoms with E-state index in [1.807, 2.05) is 30.7 Å². The SMILES string of the molecule is C[NH2+]C=CC(=N)c1ccc(OCCO)cc1. The summed E-state index contributed by atoms with van der Waals surface area (Å²) in [4.78, 5) is 0. The van der Waals surface area contributed by atoms with Crippen LogP contribution in [0.2, 0.25) is 0 Å². The third kappa shape index (κ3) is 3.84. The van der Waals surface area contributed by atoms with E-state index in [0.29, 0.717) is 18.1 Å². The predicted octanol–water partition coefficient (Wildman–Crippen LogP) is 0.132. The summed E-state index contributed by atoms with van der Waals surface area (Å²) < 4.78 is 5.23. The van der Waals surface area contributed by atoms with E-state index in [9.17, 15) is 0 Å². The topological polar surface area (TPSA) is 69.9 Å². The number of aliphatic hydroxyl groups is 1. The van der Waals surface area contributed by atoms with Crippen LogP contribution in [-0.4, -0.2) is 31.1 Å². The molecule has 0 radical (unpaired) electrons. The molecule has 0 bridgehead atoms. The summed E-state index contributed by atoms with van der Waals surface area (Å²) >= 11 is 0. The van der Waals surface area contributed by atoms with Gasteiger partial charge < -0.3 is 20.6 Å². The number of nitrogens with one attached hydrogen (secondary N) is 1. The van der Waals surface area contributed by atoms with E-state index in [0.717, 1.165) is 5.56 Å². The zero-order valence-electron chi connectivity index (χ0n) is 9.31. The van der Waals surface area contributed by atoms with Crippen LogP contribution in [0.3, 0.4) is 0 Å². The van der Waals surface area contributed by atoms with Crippen molar-refractivity contribution in [2.75, 3.05) is 20.3 Å². The van der Waals surface area contributed by atoms with Gasteiger partial charge >= 0.3 is 0 Å². The molecule has 0 heterocycles. The Morgan fingerprint density at radius 2 is 2.12 bits per heavy atom. The summed E-state index contributed by atoms with van der Waals surface area (Å²) in [6.07, 6.45) is 3.57. The molecule has 1 rings (SSSR count). The fourth-order valence-electron chi connectivity index (χ4n) is 1.18. The molecule has 4 heteroatoms. The van der Waals surface area contributed by atoms with Gasteiger partial charge in [-0.05, 0) is 29.8 Å². The average molecular weight is 221 g/mol. The van der Waals surface area contributed by atoms with Crippen molar-refractivity contribution in [3.63, 3.8) is 0 Å². The Morgan fingerprint density at radius 1 is 1.44 bits per heavy atom. The van der Waals surface area contributed by atoms with Gasteiger partial charge in [-0.25, -0.2) is 0 Å². The molecule has 1 aromatic rings. The molecule has 0 unspecified atom stereocenters. The normalized spacial score (nSPS) is 10.6. The Morgan fingerprint density at radius 3 is 2.69 bits per heavy atom. The van der Waals surface area contributed by atoms with Gasteiger partial charge in [-0.2, -0.15) is 0 Å². The maximum absolute atomic E-state index is 8.60. The second-order valence-electron chi connectivity index (χ2n) is 3.20. The lowest BCUT2D eigenvalue weighted by molar-refractivity contribution is -0.556. The maximum atomic E-state index is 8.60. The van der Waals surface area contributed by atoms with Gasteiger partial charge in [-0.15, -0.1) is 0 Å². The molecule has 86 valence electrons. The molecular weight excluding hydrogens is 204 g/mol. The standard InChI is InChI=1S/C12H16N2O2/c1-14-7-6-12(13)10-2-4-11(5-3-10)16-9-8-15/h2-7,13-15H,8-9H2,1H3/p+1. The van der Waals surface area contributed by atoms with E-state index in [4.69, 9.17) is 15.3 Å². The number of hydrogen-bond acceptors (Lipinski definition) is 3. The summed E-state index contributed by atoms with van der Waals surface area (Å²) in [6.45, 7) is 0.300. The third-order valence-corrected chi connectivity index (χ3v) is 1.98. The Labute approximate surface area is 95.1 Å². The lowest BCUT2D eigenvalue weighted by atomic mass is 10.1. The van der Waals surface area contributed by atoms with E-state index in [1.165, 1.54) is 0 Å². The molecule has 0 amide bonds. The number of quaternary nitrogens is 1. The highest BCUT2D eigenvalue weighted by Gasteiger charge is 1.98. The fourth-order valence-corrected chi connectivity index (χ4v) is 1.18. The van der Waals surface area contributed by atoms with Crippen LogP contribution in [0, 0.1) is 5.41 Å². The Hall–Kier alpha value is -1.65. The van der Waals surface area contributed by atoms with Crippen LogP contribution in [0.4, 0.5) is 0 Å². The number of nitrogens with two attached hydrogens (primary N) is 1. The molecule has 0 atom stereocenters. The summed E-state index contributed by atoms with van der Waals surface area (Å²) in [6, 6.07) is 7.25. The smallest absolute Gasteiger partial charge is 0.119 e. The van der Waals surface area contributed by atoms with E-state index >= 15 is 0 Å². The molecule has 1 aromatic carbocycles. The van der Waals surface area contributed by atoms with Gasteiger partial charge in [0.2, 0.25) is 0 Å². The van der Waals surface area contributed by atoms with Crippen molar-refractivity contribution in [1.82, 2.24) is 0 Å². The molecule has 4 nitrogen and oxygen atoms in total. The van der Waals surface area contributed by atoms with Gasteiger partial charge in [0.25, 0.3) is 0 Å². The lowest BCUT2D eigenvalue weighted by Crippen LogP contribution is -2.72. The van der Waals surface area contributed by atoms with Gasteiger partial charge in [0.05, 0.1) is 25.6 Å². The first kappa shape index (κ1) is 12.4. The number of hydrogen-bond donors (Lipinski definition) is 3. The Kier molecular flexibility index (Phi) is 5.25. The van der Waals surface area contributed by atoms with Crippen LogP contribution in [0.15, 0.2) is 36.5 Å². The number of allylic oxidation sites excluding steroid dienone is 1. The van der Waals surface area contributed by atoms with Gasteiger partial charge in [0, 0.05) is 6.08 Å². The first-order valence-corrected chi connectivity index (χ1v) is 5.16. The molecule has 0 aromatic heterocycles. The highest BCUT2D eigenvalue weighted by Crippen LogP contribution is 2.12. The summed E-state index contributed by atoms with van der Waals surface area (Å²) in [5.74, 6) is 0.705. The molecule has 0 saturated carbocycles. The molecular formula is C12H17N2O2+. The largest absolute Gasteiger partial charge is 0.491 e. The first-order valence-electron chi connectivity index (χ1n) is 5.16. The molecule has 4 N–H and O–H groups in total. The third-order valence-electron chi connectivity index (χ3n) is 1.98. The Bertz CT molecular complexity index is 358. The monoisotopic (exact) mass is 221 g/mol. The lowest BCUT2D eigenvalue weighted by Gasteiger charge is -2.04. The quantitative estimate of drug-likeness (QED) is 0.598. The van der Waals surface area contributed by atoms with Crippen LogP contribution in [0.1, 0.15) is 5.56 Å². The molecule has 0 aliphatic rings.